The molecule has 3 heteroatoms. The quantitative estimate of drug-likeness (QED) is 0.557. The highest BCUT2D eigenvalue weighted by atomic mass is 32.2. The molecule has 0 aromatic carbocycles. The maximum Gasteiger partial charge on any atom is 0.247 e. The molecule has 1 aliphatic rings. The fourth-order valence-corrected chi connectivity index (χ4v) is 1.88. The number of nitrogens with zero attached hydrogens (tertiary/aromatic N) is 1. The highest BCUT2D eigenvalue weighted by molar-refractivity contribution is 7.99. The van der Waals surface area contributed by atoms with Crippen molar-refractivity contribution in [3.8, 4) is 0 Å². The maximum atomic E-state index is 11.3. The minimum atomic E-state index is 0.162. The molecular weight excluding hydrogens is 158 g/mol. The first kappa shape index (κ1) is 8.65. The molecule has 62 valence electrons. The van der Waals surface area contributed by atoms with E-state index in [2.05, 4.69) is 0 Å². The van der Waals surface area contributed by atoms with E-state index in [-0.39, 0.29) is 5.91 Å². The van der Waals surface area contributed by atoms with E-state index >= 15 is 0 Å². The molecule has 0 unspecified atom stereocenters. The van der Waals surface area contributed by atoms with Gasteiger partial charge in [-0.1, -0.05) is 5.57 Å². The summed E-state index contributed by atoms with van der Waals surface area (Å²) in [4.78, 5) is 13.2. The third-order valence-electron chi connectivity index (χ3n) is 1.48. The Morgan fingerprint density at radius 1 is 1.55 bits per heavy atom. The summed E-state index contributed by atoms with van der Waals surface area (Å²) in [5.74, 6) is 2.11. The molecule has 0 spiro atoms. The molecule has 1 amide bonds. The van der Waals surface area contributed by atoms with Gasteiger partial charge in [0.05, 0.1) is 5.88 Å². The van der Waals surface area contributed by atoms with Crippen LogP contribution < -0.4 is 0 Å². The first-order valence-electron chi connectivity index (χ1n) is 3.71. The van der Waals surface area contributed by atoms with Crippen LogP contribution in [0.4, 0.5) is 0 Å². The second-order valence-corrected chi connectivity index (χ2v) is 3.94. The Hall–Kier alpha value is -0.440. The van der Waals surface area contributed by atoms with Gasteiger partial charge in [-0.15, -0.1) is 11.8 Å². The Morgan fingerprint density at radius 2 is 2.27 bits per heavy atom. The lowest BCUT2D eigenvalue weighted by atomic mass is 10.3. The lowest BCUT2D eigenvalue weighted by molar-refractivity contribution is -0.124. The third-order valence-corrected chi connectivity index (χ3v) is 2.44. The van der Waals surface area contributed by atoms with Crippen LogP contribution in [0.3, 0.4) is 0 Å². The van der Waals surface area contributed by atoms with Gasteiger partial charge in [-0.25, -0.2) is 0 Å². The zero-order valence-electron chi connectivity index (χ0n) is 6.96. The number of rotatable bonds is 1. The van der Waals surface area contributed by atoms with E-state index in [0.29, 0.717) is 0 Å². The van der Waals surface area contributed by atoms with Crippen LogP contribution in [0.2, 0.25) is 0 Å². The third kappa shape index (κ3) is 2.58. The van der Waals surface area contributed by atoms with Crippen LogP contribution in [0.1, 0.15) is 13.8 Å². The highest BCUT2D eigenvalue weighted by Crippen LogP contribution is 2.13. The second-order valence-electron chi connectivity index (χ2n) is 2.86. The molecule has 1 rings (SSSR count). The summed E-state index contributed by atoms with van der Waals surface area (Å²) in [5, 5.41) is 0. The minimum absolute atomic E-state index is 0.162. The number of hydrogen-bond acceptors (Lipinski definition) is 2. The number of amides is 1. The lowest BCUT2D eigenvalue weighted by Gasteiger charge is -2.10. The summed E-state index contributed by atoms with van der Waals surface area (Å²) in [6, 6.07) is 0. The molecule has 1 heterocycles. The summed E-state index contributed by atoms with van der Waals surface area (Å²) < 4.78 is 0. The van der Waals surface area contributed by atoms with E-state index in [1.165, 1.54) is 0 Å². The van der Waals surface area contributed by atoms with Gasteiger partial charge in [-0.3, -0.25) is 4.79 Å². The van der Waals surface area contributed by atoms with Crippen LogP contribution in [0.5, 0.6) is 0 Å². The van der Waals surface area contributed by atoms with E-state index in [1.54, 1.807) is 6.08 Å². The van der Waals surface area contributed by atoms with Gasteiger partial charge in [0, 0.05) is 18.4 Å². The van der Waals surface area contributed by atoms with Gasteiger partial charge < -0.3 is 4.90 Å². The molecule has 0 radical (unpaired) electrons. The minimum Gasteiger partial charge on any atom is -0.329 e. The van der Waals surface area contributed by atoms with Crippen molar-refractivity contribution in [3.05, 3.63) is 11.6 Å². The molecule has 1 aliphatic heterocycles. The van der Waals surface area contributed by atoms with E-state index < -0.39 is 0 Å². The average Bonchev–Trinajstić information content (AvgIpc) is 2.35. The van der Waals surface area contributed by atoms with Gasteiger partial charge in [0.15, 0.2) is 0 Å². The Balaban J connectivity index is 2.47. The van der Waals surface area contributed by atoms with Crippen molar-refractivity contribution in [2.24, 2.45) is 0 Å². The van der Waals surface area contributed by atoms with Crippen molar-refractivity contribution in [3.63, 3.8) is 0 Å². The molecule has 2 nitrogen and oxygen atoms in total. The Bertz CT molecular complexity index is 179. The van der Waals surface area contributed by atoms with Crippen molar-refractivity contribution in [2.45, 2.75) is 13.8 Å². The van der Waals surface area contributed by atoms with Crippen LogP contribution in [-0.2, 0) is 4.79 Å². The SMILES string of the molecule is CC(C)=CC(=O)N1CCSC1. The average molecular weight is 171 g/mol. The smallest absolute Gasteiger partial charge is 0.247 e. The normalized spacial score (nSPS) is 16.7. The number of allylic oxidation sites excluding steroid dienone is 1. The van der Waals surface area contributed by atoms with E-state index in [0.717, 1.165) is 23.7 Å². The predicted molar refractivity (Wildman–Crippen MR) is 48.5 cm³/mol. The Kier molecular flexibility index (Phi) is 3.00. The van der Waals surface area contributed by atoms with Crippen molar-refractivity contribution >= 4 is 17.7 Å². The van der Waals surface area contributed by atoms with Gasteiger partial charge in [-0.2, -0.15) is 0 Å². The molecule has 1 fully saturated rings. The molecule has 0 aromatic heterocycles. The standard InChI is InChI=1S/C8H13NOS/c1-7(2)5-8(10)9-3-4-11-6-9/h5H,3-4,6H2,1-2H3. The fourth-order valence-electron chi connectivity index (χ4n) is 0.926. The molecule has 11 heavy (non-hydrogen) atoms. The zero-order valence-corrected chi connectivity index (χ0v) is 7.78. The summed E-state index contributed by atoms with van der Waals surface area (Å²) in [6.45, 7) is 4.80. The molecule has 0 saturated carbocycles. The lowest BCUT2D eigenvalue weighted by Crippen LogP contribution is -2.25. The number of thioether (sulfide) groups is 1. The molecule has 1 saturated heterocycles. The first-order chi connectivity index (χ1) is 5.20. The van der Waals surface area contributed by atoms with Crippen LogP contribution in [-0.4, -0.2) is 29.0 Å². The van der Waals surface area contributed by atoms with Crippen LogP contribution in [0.15, 0.2) is 11.6 Å². The van der Waals surface area contributed by atoms with Crippen molar-refractivity contribution in [1.82, 2.24) is 4.90 Å². The molecular formula is C8H13NOS. The van der Waals surface area contributed by atoms with E-state index in [9.17, 15) is 4.79 Å². The van der Waals surface area contributed by atoms with Crippen LogP contribution in [0.25, 0.3) is 0 Å². The fraction of sp³-hybridized carbons (Fsp3) is 0.625. The summed E-state index contributed by atoms with van der Waals surface area (Å²) in [7, 11) is 0. The molecule has 0 bridgehead atoms. The van der Waals surface area contributed by atoms with Gasteiger partial charge in [-0.05, 0) is 13.8 Å². The van der Waals surface area contributed by atoms with Crippen molar-refractivity contribution in [1.29, 1.82) is 0 Å². The molecule has 0 aromatic rings. The number of hydrogen-bond donors (Lipinski definition) is 0. The number of carbonyl (C=O) groups excluding carboxylic acids is 1. The maximum absolute atomic E-state index is 11.3. The zero-order chi connectivity index (χ0) is 8.27. The predicted octanol–water partition coefficient (Wildman–Crippen LogP) is 1.49. The largest absolute Gasteiger partial charge is 0.329 e. The van der Waals surface area contributed by atoms with E-state index in [4.69, 9.17) is 0 Å². The van der Waals surface area contributed by atoms with Gasteiger partial charge in [0.2, 0.25) is 5.91 Å². The Morgan fingerprint density at radius 3 is 2.73 bits per heavy atom. The summed E-state index contributed by atoms with van der Waals surface area (Å²) in [6.07, 6.45) is 1.70. The monoisotopic (exact) mass is 171 g/mol. The van der Waals surface area contributed by atoms with E-state index in [1.807, 2.05) is 30.5 Å². The summed E-state index contributed by atoms with van der Waals surface area (Å²) in [5.41, 5.74) is 1.08. The summed E-state index contributed by atoms with van der Waals surface area (Å²) >= 11 is 1.81. The molecule has 0 atom stereocenters. The van der Waals surface area contributed by atoms with Gasteiger partial charge >= 0.3 is 0 Å². The highest BCUT2D eigenvalue weighted by Gasteiger charge is 2.15. The van der Waals surface area contributed by atoms with Crippen molar-refractivity contribution in [2.75, 3.05) is 18.2 Å². The van der Waals surface area contributed by atoms with Crippen LogP contribution in [0, 0.1) is 0 Å². The van der Waals surface area contributed by atoms with Gasteiger partial charge in [0.25, 0.3) is 0 Å². The first-order valence-corrected chi connectivity index (χ1v) is 4.87. The van der Waals surface area contributed by atoms with Crippen molar-refractivity contribution < 1.29 is 4.79 Å². The molecule has 0 aliphatic carbocycles. The topological polar surface area (TPSA) is 20.3 Å². The second kappa shape index (κ2) is 3.81. The number of carbonyl (C=O) groups is 1. The van der Waals surface area contributed by atoms with Gasteiger partial charge in [0.1, 0.15) is 0 Å². The molecule has 0 N–H and O–H groups in total. The Labute approximate surface area is 71.6 Å². The van der Waals surface area contributed by atoms with Crippen LogP contribution >= 0.6 is 11.8 Å².